The van der Waals surface area contributed by atoms with E-state index in [1.165, 1.54) is 0 Å². The largest absolute Gasteiger partial charge is 0.491 e. The first-order valence-electron chi connectivity index (χ1n) is 7.35. The highest BCUT2D eigenvalue weighted by molar-refractivity contribution is 5.97. The number of aliphatic hydroxyl groups excluding tert-OH is 1. The SMILES string of the molecule is NC[C@H]1C[C@@H](O)CN1C(=O)c1cccc2c1OCCNC2. The number of fused-ring (bicyclic) bond motifs is 1. The average molecular weight is 291 g/mol. The molecule has 1 aromatic rings. The first kappa shape index (κ1) is 14.3. The molecule has 1 aromatic carbocycles. The van der Waals surface area contributed by atoms with Gasteiger partial charge in [-0.15, -0.1) is 0 Å². The van der Waals surface area contributed by atoms with Gasteiger partial charge in [-0.25, -0.2) is 0 Å². The summed E-state index contributed by atoms with van der Waals surface area (Å²) < 4.78 is 5.75. The molecule has 1 amide bonds. The molecule has 2 aliphatic heterocycles. The van der Waals surface area contributed by atoms with Gasteiger partial charge in [0, 0.05) is 37.8 Å². The van der Waals surface area contributed by atoms with E-state index in [0.29, 0.717) is 44.0 Å². The van der Waals surface area contributed by atoms with Crippen LogP contribution in [0.3, 0.4) is 0 Å². The van der Waals surface area contributed by atoms with Crippen LogP contribution in [0.4, 0.5) is 0 Å². The maximum atomic E-state index is 12.8. The smallest absolute Gasteiger partial charge is 0.258 e. The van der Waals surface area contributed by atoms with Crippen LogP contribution >= 0.6 is 0 Å². The standard InChI is InChI=1S/C15H21N3O3/c16-7-11-6-12(19)9-18(11)15(20)13-3-1-2-10-8-17-4-5-21-14(10)13/h1-3,11-12,17,19H,4-9,16H2/t11-,12-/m1/s1. The Morgan fingerprint density at radius 2 is 2.38 bits per heavy atom. The number of likely N-dealkylation sites (tertiary alicyclic amines) is 1. The van der Waals surface area contributed by atoms with Crippen molar-refractivity contribution in [3.8, 4) is 5.75 Å². The number of nitrogens with zero attached hydrogens (tertiary/aromatic N) is 1. The van der Waals surface area contributed by atoms with Crippen LogP contribution in [-0.2, 0) is 6.54 Å². The maximum Gasteiger partial charge on any atom is 0.258 e. The van der Waals surface area contributed by atoms with Gasteiger partial charge >= 0.3 is 0 Å². The number of para-hydroxylation sites is 1. The molecule has 0 aromatic heterocycles. The zero-order chi connectivity index (χ0) is 14.8. The summed E-state index contributed by atoms with van der Waals surface area (Å²) in [6.45, 7) is 2.69. The van der Waals surface area contributed by atoms with E-state index < -0.39 is 6.10 Å². The van der Waals surface area contributed by atoms with Crippen molar-refractivity contribution in [1.29, 1.82) is 0 Å². The highest BCUT2D eigenvalue weighted by Gasteiger charge is 2.35. The minimum atomic E-state index is -0.493. The first-order valence-corrected chi connectivity index (χ1v) is 7.35. The number of β-amino-alcohol motifs (C(OH)–C–C–N with tert-alkyl or cyclic N) is 1. The Labute approximate surface area is 123 Å². The van der Waals surface area contributed by atoms with Gasteiger partial charge in [0.25, 0.3) is 5.91 Å². The van der Waals surface area contributed by atoms with Crippen molar-refractivity contribution in [2.24, 2.45) is 5.73 Å². The van der Waals surface area contributed by atoms with Gasteiger partial charge in [0.15, 0.2) is 0 Å². The molecule has 0 spiro atoms. The Hall–Kier alpha value is -1.63. The predicted octanol–water partition coefficient (Wildman–Crippen LogP) is -0.297. The van der Waals surface area contributed by atoms with E-state index in [1.54, 1.807) is 11.0 Å². The van der Waals surface area contributed by atoms with Crippen LogP contribution in [0.2, 0.25) is 0 Å². The predicted molar refractivity (Wildman–Crippen MR) is 78.1 cm³/mol. The fourth-order valence-electron chi connectivity index (χ4n) is 3.03. The molecule has 2 atom stereocenters. The molecule has 1 saturated heterocycles. The summed E-state index contributed by atoms with van der Waals surface area (Å²) in [4.78, 5) is 14.5. The summed E-state index contributed by atoms with van der Waals surface area (Å²) in [6.07, 6.45) is 0.0482. The Kier molecular flexibility index (Phi) is 4.10. The second-order valence-electron chi connectivity index (χ2n) is 5.56. The van der Waals surface area contributed by atoms with E-state index in [4.69, 9.17) is 10.5 Å². The molecule has 114 valence electrons. The monoisotopic (exact) mass is 291 g/mol. The molecule has 3 rings (SSSR count). The van der Waals surface area contributed by atoms with Gasteiger partial charge in [-0.1, -0.05) is 12.1 Å². The van der Waals surface area contributed by atoms with Crippen LogP contribution < -0.4 is 15.8 Å². The van der Waals surface area contributed by atoms with E-state index in [2.05, 4.69) is 5.32 Å². The second-order valence-corrected chi connectivity index (χ2v) is 5.56. The number of hydrogen-bond donors (Lipinski definition) is 3. The molecular formula is C15H21N3O3. The summed E-state index contributed by atoms with van der Waals surface area (Å²) in [5, 5.41) is 13.0. The maximum absolute atomic E-state index is 12.8. The van der Waals surface area contributed by atoms with Crippen LogP contribution in [0.1, 0.15) is 22.3 Å². The van der Waals surface area contributed by atoms with Crippen molar-refractivity contribution in [2.45, 2.75) is 25.1 Å². The first-order chi connectivity index (χ1) is 10.2. The third-order valence-corrected chi connectivity index (χ3v) is 4.09. The molecule has 21 heavy (non-hydrogen) atoms. The van der Waals surface area contributed by atoms with Crippen molar-refractivity contribution < 1.29 is 14.6 Å². The van der Waals surface area contributed by atoms with Crippen molar-refractivity contribution in [1.82, 2.24) is 10.2 Å². The number of aliphatic hydroxyl groups is 1. The Balaban J connectivity index is 1.91. The quantitative estimate of drug-likeness (QED) is 0.696. The number of rotatable bonds is 2. The molecule has 0 bridgehead atoms. The van der Waals surface area contributed by atoms with Gasteiger partial charge in [-0.05, 0) is 12.5 Å². The lowest BCUT2D eigenvalue weighted by Crippen LogP contribution is -2.40. The zero-order valence-electron chi connectivity index (χ0n) is 11.9. The second kappa shape index (κ2) is 6.01. The van der Waals surface area contributed by atoms with Crippen molar-refractivity contribution in [3.63, 3.8) is 0 Å². The summed E-state index contributed by atoms with van der Waals surface area (Å²) in [5.74, 6) is 0.547. The molecule has 4 N–H and O–H groups in total. The lowest BCUT2D eigenvalue weighted by molar-refractivity contribution is 0.0716. The van der Waals surface area contributed by atoms with E-state index in [1.807, 2.05) is 12.1 Å². The number of nitrogens with one attached hydrogen (secondary N) is 1. The molecule has 6 heteroatoms. The van der Waals surface area contributed by atoms with Crippen molar-refractivity contribution >= 4 is 5.91 Å². The average Bonchev–Trinajstić information content (AvgIpc) is 2.71. The number of carbonyl (C=O) groups excluding carboxylic acids is 1. The molecule has 0 unspecified atom stereocenters. The van der Waals surface area contributed by atoms with Crippen LogP contribution in [-0.4, -0.2) is 54.3 Å². The molecule has 6 nitrogen and oxygen atoms in total. The van der Waals surface area contributed by atoms with Gasteiger partial charge < -0.3 is 25.8 Å². The van der Waals surface area contributed by atoms with Gasteiger partial charge in [0.1, 0.15) is 12.4 Å². The van der Waals surface area contributed by atoms with Crippen LogP contribution in [0.25, 0.3) is 0 Å². The third kappa shape index (κ3) is 2.74. The van der Waals surface area contributed by atoms with E-state index in [9.17, 15) is 9.90 Å². The highest BCUT2D eigenvalue weighted by atomic mass is 16.5. The Morgan fingerprint density at radius 3 is 3.19 bits per heavy atom. The van der Waals surface area contributed by atoms with Crippen molar-refractivity contribution in [3.05, 3.63) is 29.3 Å². The molecule has 0 saturated carbocycles. The van der Waals surface area contributed by atoms with Crippen molar-refractivity contribution in [2.75, 3.05) is 26.2 Å². The number of carbonyl (C=O) groups is 1. The summed E-state index contributed by atoms with van der Waals surface area (Å²) >= 11 is 0. The highest BCUT2D eigenvalue weighted by Crippen LogP contribution is 2.29. The molecular weight excluding hydrogens is 270 g/mol. The third-order valence-electron chi connectivity index (χ3n) is 4.09. The minimum absolute atomic E-state index is 0.104. The number of ether oxygens (including phenoxy) is 1. The summed E-state index contributed by atoms with van der Waals surface area (Å²) in [5.41, 5.74) is 7.27. The van der Waals surface area contributed by atoms with Gasteiger partial charge in [0.05, 0.1) is 11.7 Å². The molecule has 2 heterocycles. The van der Waals surface area contributed by atoms with Crippen LogP contribution in [0.15, 0.2) is 18.2 Å². The van der Waals surface area contributed by atoms with E-state index >= 15 is 0 Å². The zero-order valence-corrected chi connectivity index (χ0v) is 11.9. The Bertz CT molecular complexity index is 535. The lowest BCUT2D eigenvalue weighted by Gasteiger charge is -2.24. The minimum Gasteiger partial charge on any atom is -0.491 e. The Morgan fingerprint density at radius 1 is 1.52 bits per heavy atom. The van der Waals surface area contributed by atoms with E-state index in [0.717, 1.165) is 12.1 Å². The molecule has 0 radical (unpaired) electrons. The van der Waals surface area contributed by atoms with E-state index in [-0.39, 0.29) is 11.9 Å². The topological polar surface area (TPSA) is 87.8 Å². The number of benzene rings is 1. The number of amides is 1. The van der Waals surface area contributed by atoms with Gasteiger partial charge in [-0.2, -0.15) is 0 Å². The van der Waals surface area contributed by atoms with Gasteiger partial charge in [-0.3, -0.25) is 4.79 Å². The fraction of sp³-hybridized carbons (Fsp3) is 0.533. The summed E-state index contributed by atoms with van der Waals surface area (Å²) in [7, 11) is 0. The number of hydrogen-bond acceptors (Lipinski definition) is 5. The fourth-order valence-corrected chi connectivity index (χ4v) is 3.03. The molecule has 2 aliphatic rings. The normalized spacial score (nSPS) is 25.1. The van der Waals surface area contributed by atoms with Crippen LogP contribution in [0.5, 0.6) is 5.75 Å². The van der Waals surface area contributed by atoms with Crippen LogP contribution in [0, 0.1) is 0 Å². The number of nitrogens with two attached hydrogens (primary N) is 1. The molecule has 1 fully saturated rings. The lowest BCUT2D eigenvalue weighted by atomic mass is 10.1. The van der Waals surface area contributed by atoms with Gasteiger partial charge in [0.2, 0.25) is 0 Å². The summed E-state index contributed by atoms with van der Waals surface area (Å²) in [6, 6.07) is 5.51. The molecule has 0 aliphatic carbocycles.